The molecular formula is C14H11N3O3. The maximum atomic E-state index is 11.7. The number of rotatable bonds is 4. The molecule has 0 aliphatic rings. The first-order chi connectivity index (χ1) is 9.68. The second-order valence-electron chi connectivity index (χ2n) is 3.83. The van der Waals surface area contributed by atoms with Crippen LogP contribution in [0.2, 0.25) is 0 Å². The molecule has 0 saturated heterocycles. The van der Waals surface area contributed by atoms with E-state index in [0.29, 0.717) is 11.1 Å². The lowest BCUT2D eigenvalue weighted by molar-refractivity contribution is 0.0696. The summed E-state index contributed by atoms with van der Waals surface area (Å²) < 4.78 is 0. The summed E-state index contributed by atoms with van der Waals surface area (Å²) in [5.41, 5.74) is 3.21. The van der Waals surface area contributed by atoms with Crippen molar-refractivity contribution < 1.29 is 14.7 Å². The quantitative estimate of drug-likeness (QED) is 0.650. The molecule has 6 heteroatoms. The molecule has 0 atom stereocenters. The van der Waals surface area contributed by atoms with Crippen molar-refractivity contribution >= 4 is 18.1 Å². The maximum Gasteiger partial charge on any atom is 0.336 e. The van der Waals surface area contributed by atoms with Gasteiger partial charge in [0.2, 0.25) is 0 Å². The Morgan fingerprint density at radius 2 is 2.00 bits per heavy atom. The van der Waals surface area contributed by atoms with E-state index in [-0.39, 0.29) is 5.56 Å². The lowest BCUT2D eigenvalue weighted by Gasteiger charge is -2.00. The molecule has 0 bridgehead atoms. The molecule has 1 amide bonds. The van der Waals surface area contributed by atoms with E-state index in [1.807, 2.05) is 0 Å². The highest BCUT2D eigenvalue weighted by Gasteiger charge is 2.07. The van der Waals surface area contributed by atoms with Gasteiger partial charge in [0, 0.05) is 18.0 Å². The van der Waals surface area contributed by atoms with Crippen LogP contribution >= 0.6 is 0 Å². The van der Waals surface area contributed by atoms with Gasteiger partial charge in [-0.15, -0.1) is 0 Å². The summed E-state index contributed by atoms with van der Waals surface area (Å²) >= 11 is 0. The topological polar surface area (TPSA) is 91.7 Å². The molecular weight excluding hydrogens is 258 g/mol. The lowest BCUT2D eigenvalue weighted by Crippen LogP contribution is -2.17. The number of aromatic nitrogens is 1. The van der Waals surface area contributed by atoms with Gasteiger partial charge in [-0.1, -0.05) is 18.2 Å². The standard InChI is InChI=1S/C14H11N3O3/c18-13(11-5-3-7-15-8-11)17-16-9-10-4-1-2-6-12(10)14(19)20/h1-9H,(H,17,18)(H,19,20)/b16-9-. The minimum Gasteiger partial charge on any atom is -0.478 e. The molecule has 0 saturated carbocycles. The number of benzene rings is 1. The zero-order valence-electron chi connectivity index (χ0n) is 10.4. The molecule has 0 aliphatic carbocycles. The predicted molar refractivity (Wildman–Crippen MR) is 72.7 cm³/mol. The molecule has 1 aromatic heterocycles. The van der Waals surface area contributed by atoms with Crippen molar-refractivity contribution in [2.24, 2.45) is 5.10 Å². The van der Waals surface area contributed by atoms with Crippen LogP contribution in [-0.2, 0) is 0 Å². The molecule has 0 radical (unpaired) electrons. The average molecular weight is 269 g/mol. The van der Waals surface area contributed by atoms with E-state index in [4.69, 9.17) is 5.11 Å². The van der Waals surface area contributed by atoms with Gasteiger partial charge in [-0.2, -0.15) is 5.10 Å². The Balaban J connectivity index is 2.08. The van der Waals surface area contributed by atoms with Crippen LogP contribution in [0, 0.1) is 0 Å². The van der Waals surface area contributed by atoms with Gasteiger partial charge >= 0.3 is 5.97 Å². The Morgan fingerprint density at radius 1 is 1.20 bits per heavy atom. The highest BCUT2D eigenvalue weighted by atomic mass is 16.4. The van der Waals surface area contributed by atoms with E-state index < -0.39 is 11.9 Å². The van der Waals surface area contributed by atoms with Crippen LogP contribution in [0.5, 0.6) is 0 Å². The molecule has 2 N–H and O–H groups in total. The average Bonchev–Trinajstić information content (AvgIpc) is 2.48. The first-order valence-electron chi connectivity index (χ1n) is 5.74. The van der Waals surface area contributed by atoms with Crippen molar-refractivity contribution in [1.29, 1.82) is 0 Å². The van der Waals surface area contributed by atoms with E-state index in [2.05, 4.69) is 15.5 Å². The van der Waals surface area contributed by atoms with Crippen LogP contribution in [-0.4, -0.2) is 28.2 Å². The number of carbonyl (C=O) groups excluding carboxylic acids is 1. The van der Waals surface area contributed by atoms with Gasteiger partial charge in [-0.25, -0.2) is 10.2 Å². The number of carbonyl (C=O) groups is 2. The highest BCUT2D eigenvalue weighted by molar-refractivity contribution is 5.99. The van der Waals surface area contributed by atoms with Crippen molar-refractivity contribution in [2.75, 3.05) is 0 Å². The van der Waals surface area contributed by atoms with E-state index >= 15 is 0 Å². The van der Waals surface area contributed by atoms with Gasteiger partial charge in [0.25, 0.3) is 5.91 Å². The fraction of sp³-hybridized carbons (Fsp3) is 0. The molecule has 100 valence electrons. The summed E-state index contributed by atoms with van der Waals surface area (Å²) in [7, 11) is 0. The summed E-state index contributed by atoms with van der Waals surface area (Å²) in [5, 5.41) is 12.7. The minimum absolute atomic E-state index is 0.117. The van der Waals surface area contributed by atoms with Crippen LogP contribution < -0.4 is 5.43 Å². The number of pyridine rings is 1. The second kappa shape index (κ2) is 6.24. The number of carboxylic acids is 1. The van der Waals surface area contributed by atoms with Gasteiger partial charge < -0.3 is 5.11 Å². The predicted octanol–water partition coefficient (Wildman–Crippen LogP) is 1.54. The third-order valence-electron chi connectivity index (χ3n) is 2.48. The van der Waals surface area contributed by atoms with Crippen molar-refractivity contribution in [2.45, 2.75) is 0 Å². The van der Waals surface area contributed by atoms with Crippen molar-refractivity contribution in [3.63, 3.8) is 0 Å². The van der Waals surface area contributed by atoms with Crippen molar-refractivity contribution in [3.8, 4) is 0 Å². The zero-order valence-corrected chi connectivity index (χ0v) is 10.4. The number of hydrogen-bond acceptors (Lipinski definition) is 4. The minimum atomic E-state index is -1.05. The van der Waals surface area contributed by atoms with Crippen molar-refractivity contribution in [3.05, 3.63) is 65.5 Å². The summed E-state index contributed by atoms with van der Waals surface area (Å²) in [6.07, 6.45) is 4.26. The largest absolute Gasteiger partial charge is 0.478 e. The van der Waals surface area contributed by atoms with E-state index in [1.54, 1.807) is 36.5 Å². The third kappa shape index (κ3) is 3.26. The fourth-order valence-corrected chi connectivity index (χ4v) is 1.53. The number of hydrazone groups is 1. The van der Waals surface area contributed by atoms with Gasteiger partial charge in [-0.05, 0) is 18.2 Å². The second-order valence-corrected chi connectivity index (χ2v) is 3.83. The van der Waals surface area contributed by atoms with Crippen LogP contribution in [0.15, 0.2) is 53.9 Å². The first-order valence-corrected chi connectivity index (χ1v) is 5.74. The molecule has 6 nitrogen and oxygen atoms in total. The van der Waals surface area contributed by atoms with E-state index in [9.17, 15) is 9.59 Å². The summed E-state index contributed by atoms with van der Waals surface area (Å²) in [6, 6.07) is 9.61. The van der Waals surface area contributed by atoms with Crippen LogP contribution in [0.3, 0.4) is 0 Å². The normalized spacial score (nSPS) is 10.4. The monoisotopic (exact) mass is 269 g/mol. The van der Waals surface area contributed by atoms with Gasteiger partial charge in [0.1, 0.15) is 0 Å². The van der Waals surface area contributed by atoms with E-state index in [0.717, 1.165) is 0 Å². The molecule has 20 heavy (non-hydrogen) atoms. The number of nitrogens with zero attached hydrogens (tertiary/aromatic N) is 2. The summed E-state index contributed by atoms with van der Waals surface area (Å²) in [4.78, 5) is 26.5. The maximum absolute atomic E-state index is 11.7. The Labute approximate surface area is 114 Å². The molecule has 0 fully saturated rings. The molecule has 2 rings (SSSR count). The molecule has 0 unspecified atom stereocenters. The van der Waals surface area contributed by atoms with Gasteiger partial charge in [0.05, 0.1) is 17.3 Å². The fourth-order valence-electron chi connectivity index (χ4n) is 1.53. The molecule has 0 spiro atoms. The highest BCUT2D eigenvalue weighted by Crippen LogP contribution is 2.05. The summed E-state index contributed by atoms with van der Waals surface area (Å²) in [5.74, 6) is -1.47. The Morgan fingerprint density at radius 3 is 2.70 bits per heavy atom. The zero-order chi connectivity index (χ0) is 14.4. The number of carboxylic acid groups (broad SMARTS) is 1. The first kappa shape index (κ1) is 13.4. The number of aromatic carboxylic acids is 1. The number of hydrogen-bond donors (Lipinski definition) is 2. The lowest BCUT2D eigenvalue weighted by atomic mass is 10.1. The SMILES string of the molecule is O=C(N/N=C\c1ccccc1C(=O)O)c1cccnc1. The van der Waals surface area contributed by atoms with Crippen LogP contribution in [0.1, 0.15) is 26.3 Å². The molecule has 1 heterocycles. The number of nitrogens with one attached hydrogen (secondary N) is 1. The number of amides is 1. The summed E-state index contributed by atoms with van der Waals surface area (Å²) in [6.45, 7) is 0. The molecule has 1 aromatic carbocycles. The Hall–Kier alpha value is -3.02. The third-order valence-corrected chi connectivity index (χ3v) is 2.48. The van der Waals surface area contributed by atoms with Crippen molar-refractivity contribution in [1.82, 2.24) is 10.4 Å². The van der Waals surface area contributed by atoms with Crippen LogP contribution in [0.25, 0.3) is 0 Å². The Kier molecular flexibility index (Phi) is 4.18. The Bertz CT molecular complexity index is 654. The molecule has 0 aliphatic heterocycles. The molecule has 2 aromatic rings. The van der Waals surface area contributed by atoms with E-state index in [1.165, 1.54) is 18.5 Å². The smallest absolute Gasteiger partial charge is 0.336 e. The van der Waals surface area contributed by atoms with Gasteiger partial charge in [-0.3, -0.25) is 9.78 Å². The van der Waals surface area contributed by atoms with Crippen LogP contribution in [0.4, 0.5) is 0 Å². The van der Waals surface area contributed by atoms with Gasteiger partial charge in [0.15, 0.2) is 0 Å².